The Morgan fingerprint density at radius 3 is 3.00 bits per heavy atom. The van der Waals surface area contributed by atoms with Gasteiger partial charge in [-0.05, 0) is 12.2 Å². The summed E-state index contributed by atoms with van der Waals surface area (Å²) in [5.74, 6) is 1.17. The van der Waals surface area contributed by atoms with Crippen LogP contribution in [-0.2, 0) is 0 Å². The van der Waals surface area contributed by atoms with Gasteiger partial charge in [0, 0.05) is 32.4 Å². The van der Waals surface area contributed by atoms with Gasteiger partial charge in [-0.2, -0.15) is 0 Å². The molecule has 0 aromatic heterocycles. The largest absolute Gasteiger partial charge is 0.356 e. The van der Waals surface area contributed by atoms with Crippen LogP contribution in [0.2, 0.25) is 0 Å². The molecule has 13 heavy (non-hydrogen) atoms. The van der Waals surface area contributed by atoms with Gasteiger partial charge in [-0.3, -0.25) is 0 Å². The smallest absolute Gasteiger partial charge is 0.105 e. The van der Waals surface area contributed by atoms with Gasteiger partial charge < -0.3 is 15.5 Å². The van der Waals surface area contributed by atoms with Crippen LogP contribution >= 0.6 is 0 Å². The predicted molar refractivity (Wildman–Crippen MR) is 52.6 cm³/mol. The van der Waals surface area contributed by atoms with E-state index >= 15 is 0 Å². The van der Waals surface area contributed by atoms with E-state index in [2.05, 4.69) is 27.7 Å². The Morgan fingerprint density at radius 2 is 2.15 bits per heavy atom. The molecular weight excluding hydrogens is 162 g/mol. The molecule has 1 saturated heterocycles. The molecule has 2 N–H and O–H groups in total. The highest BCUT2D eigenvalue weighted by Gasteiger charge is 2.11. The van der Waals surface area contributed by atoms with Gasteiger partial charge >= 0.3 is 0 Å². The van der Waals surface area contributed by atoms with Crippen molar-refractivity contribution in [3.63, 3.8) is 0 Å². The molecule has 2 rings (SSSR count). The van der Waals surface area contributed by atoms with Crippen LogP contribution < -0.4 is 10.6 Å². The molecule has 2 heterocycles. The Bertz CT molecular complexity index is 247. The van der Waals surface area contributed by atoms with E-state index in [4.69, 9.17) is 0 Å². The highest BCUT2D eigenvalue weighted by Crippen LogP contribution is 2.04. The first kappa shape index (κ1) is 8.38. The molecule has 0 aromatic rings. The highest BCUT2D eigenvalue weighted by atomic mass is 15.3. The minimum atomic E-state index is 1.07. The first-order valence-electron chi connectivity index (χ1n) is 4.63. The third kappa shape index (κ3) is 2.12. The maximum absolute atomic E-state index is 3.33. The summed E-state index contributed by atoms with van der Waals surface area (Å²) in [6.45, 7) is 4.27. The van der Waals surface area contributed by atoms with Crippen LogP contribution in [0.25, 0.3) is 0 Å². The van der Waals surface area contributed by atoms with E-state index in [0.717, 1.165) is 26.2 Å². The monoisotopic (exact) mass is 176 g/mol. The third-order valence-electron chi connectivity index (χ3n) is 2.21. The van der Waals surface area contributed by atoms with Crippen LogP contribution in [0.5, 0.6) is 0 Å². The Labute approximate surface area is 78.8 Å². The molecule has 3 nitrogen and oxygen atoms in total. The Balaban J connectivity index is 2.01. The molecule has 0 amide bonds. The van der Waals surface area contributed by atoms with E-state index in [-0.39, 0.29) is 0 Å². The van der Waals surface area contributed by atoms with Gasteiger partial charge in [0.2, 0.25) is 0 Å². The molecule has 1 radical (unpaired) electrons. The van der Waals surface area contributed by atoms with Crippen molar-refractivity contribution in [1.82, 2.24) is 15.5 Å². The van der Waals surface area contributed by atoms with Crippen LogP contribution in [0, 0.1) is 6.08 Å². The number of nitrogens with zero attached hydrogens (tertiary/aromatic N) is 1. The maximum Gasteiger partial charge on any atom is 0.105 e. The van der Waals surface area contributed by atoms with Crippen molar-refractivity contribution in [1.29, 1.82) is 0 Å². The van der Waals surface area contributed by atoms with E-state index in [1.54, 1.807) is 0 Å². The molecule has 0 bridgehead atoms. The molecule has 0 unspecified atom stereocenters. The number of nitrogens with one attached hydrogen (secondary N) is 2. The molecule has 0 atom stereocenters. The van der Waals surface area contributed by atoms with E-state index in [1.807, 2.05) is 18.4 Å². The van der Waals surface area contributed by atoms with Gasteiger partial charge in [-0.1, -0.05) is 12.2 Å². The fraction of sp³-hybridized carbons (Fsp3) is 0.400. The van der Waals surface area contributed by atoms with Gasteiger partial charge in [0.05, 0.1) is 0 Å². The third-order valence-corrected chi connectivity index (χ3v) is 2.21. The number of rotatable bonds is 1. The molecule has 2 aliphatic heterocycles. The average molecular weight is 176 g/mol. The van der Waals surface area contributed by atoms with Crippen LogP contribution in [0.3, 0.4) is 0 Å². The molecule has 0 saturated carbocycles. The number of hydrogen-bond donors (Lipinski definition) is 2. The van der Waals surface area contributed by atoms with Crippen LogP contribution in [0.1, 0.15) is 0 Å². The summed E-state index contributed by atoms with van der Waals surface area (Å²) in [6.07, 6.45) is 10.8. The van der Waals surface area contributed by atoms with Gasteiger partial charge in [-0.25, -0.2) is 0 Å². The Hall–Kier alpha value is -1.22. The summed E-state index contributed by atoms with van der Waals surface area (Å²) in [5, 5.41) is 6.54. The topological polar surface area (TPSA) is 27.3 Å². The lowest BCUT2D eigenvalue weighted by Gasteiger charge is -2.30. The zero-order valence-corrected chi connectivity index (χ0v) is 7.59. The number of hydrogen-bond acceptors (Lipinski definition) is 3. The summed E-state index contributed by atoms with van der Waals surface area (Å²) in [4.78, 5) is 2.34. The molecule has 0 aromatic carbocycles. The summed E-state index contributed by atoms with van der Waals surface area (Å²) >= 11 is 0. The van der Waals surface area contributed by atoms with Crippen LogP contribution in [0.4, 0.5) is 0 Å². The minimum absolute atomic E-state index is 1.07. The molecule has 69 valence electrons. The summed E-state index contributed by atoms with van der Waals surface area (Å²) in [5.41, 5.74) is 0. The van der Waals surface area contributed by atoms with Crippen molar-refractivity contribution in [2.45, 2.75) is 0 Å². The van der Waals surface area contributed by atoms with Crippen molar-refractivity contribution < 1.29 is 0 Å². The van der Waals surface area contributed by atoms with E-state index < -0.39 is 0 Å². The summed E-state index contributed by atoms with van der Waals surface area (Å²) in [7, 11) is 0. The second-order valence-corrected chi connectivity index (χ2v) is 3.10. The minimum Gasteiger partial charge on any atom is -0.356 e. The van der Waals surface area contributed by atoms with Gasteiger partial charge in [0.15, 0.2) is 0 Å². The zero-order valence-electron chi connectivity index (χ0n) is 7.59. The van der Waals surface area contributed by atoms with Gasteiger partial charge in [-0.15, -0.1) is 0 Å². The molecule has 0 aliphatic carbocycles. The quantitative estimate of drug-likeness (QED) is 0.598. The van der Waals surface area contributed by atoms with Crippen molar-refractivity contribution in [3.05, 3.63) is 36.3 Å². The second-order valence-electron chi connectivity index (χ2n) is 3.10. The van der Waals surface area contributed by atoms with Crippen molar-refractivity contribution in [2.75, 3.05) is 26.2 Å². The van der Waals surface area contributed by atoms with Crippen LogP contribution in [-0.4, -0.2) is 31.1 Å². The lowest BCUT2D eigenvalue weighted by Crippen LogP contribution is -2.44. The predicted octanol–water partition coefficient (Wildman–Crippen LogP) is 0.209. The zero-order chi connectivity index (χ0) is 8.93. The summed E-state index contributed by atoms with van der Waals surface area (Å²) < 4.78 is 0. The highest BCUT2D eigenvalue weighted by molar-refractivity contribution is 5.18. The van der Waals surface area contributed by atoms with Crippen molar-refractivity contribution >= 4 is 0 Å². The van der Waals surface area contributed by atoms with Crippen molar-refractivity contribution in [2.24, 2.45) is 0 Å². The molecule has 1 fully saturated rings. The van der Waals surface area contributed by atoms with Gasteiger partial charge in [0.25, 0.3) is 0 Å². The Kier molecular flexibility index (Phi) is 2.67. The molecule has 2 aliphatic rings. The number of allylic oxidation sites excluding steroid dienone is 4. The second kappa shape index (κ2) is 4.14. The first-order chi connectivity index (χ1) is 6.47. The van der Waals surface area contributed by atoms with Gasteiger partial charge in [0.1, 0.15) is 5.82 Å². The Morgan fingerprint density at radius 1 is 1.31 bits per heavy atom. The van der Waals surface area contributed by atoms with Crippen molar-refractivity contribution in [3.8, 4) is 0 Å². The normalized spacial score (nSPS) is 22.2. The average Bonchev–Trinajstić information content (AvgIpc) is 2.47. The molecular formula is C10H14N3. The standard InChI is InChI=1S/C10H14N3/c1-2-4-10(12-5-3-1)13-8-6-11-7-9-13/h1-2,4-5,11-12H,6-9H2. The molecule has 3 heteroatoms. The van der Waals surface area contributed by atoms with E-state index in [0.29, 0.717) is 0 Å². The van der Waals surface area contributed by atoms with E-state index in [1.165, 1.54) is 5.82 Å². The maximum atomic E-state index is 3.33. The fourth-order valence-electron chi connectivity index (χ4n) is 1.51. The van der Waals surface area contributed by atoms with E-state index in [9.17, 15) is 0 Å². The summed E-state index contributed by atoms with van der Waals surface area (Å²) in [6, 6.07) is 0. The fourth-order valence-corrected chi connectivity index (χ4v) is 1.51. The first-order valence-corrected chi connectivity index (χ1v) is 4.63. The lowest BCUT2D eigenvalue weighted by molar-refractivity contribution is 0.287. The molecule has 0 spiro atoms. The number of piperazine rings is 1. The lowest BCUT2D eigenvalue weighted by atomic mass is 10.3. The van der Waals surface area contributed by atoms with Crippen LogP contribution in [0.15, 0.2) is 30.2 Å². The SMILES string of the molecule is [C]1=CNC(N2CCNCC2)=CC=C1.